The predicted octanol–water partition coefficient (Wildman–Crippen LogP) is 3.76. The van der Waals surface area contributed by atoms with Gasteiger partial charge in [0, 0.05) is 11.1 Å². The van der Waals surface area contributed by atoms with E-state index in [9.17, 15) is 4.79 Å². The largest absolute Gasteiger partial charge is 0.386 e. The summed E-state index contributed by atoms with van der Waals surface area (Å²) in [5.74, 6) is 0.535. The molecule has 0 unspecified atom stereocenters. The van der Waals surface area contributed by atoms with E-state index in [-0.39, 0.29) is 11.7 Å². The van der Waals surface area contributed by atoms with Gasteiger partial charge in [-0.05, 0) is 55.3 Å². The van der Waals surface area contributed by atoms with Gasteiger partial charge in [-0.25, -0.2) is 4.99 Å². The van der Waals surface area contributed by atoms with Gasteiger partial charge in [-0.1, -0.05) is 12.1 Å². The summed E-state index contributed by atoms with van der Waals surface area (Å²) in [6.45, 7) is 4.02. The Hall–Kier alpha value is -2.13. The molecule has 0 fully saturated rings. The van der Waals surface area contributed by atoms with Crippen molar-refractivity contribution in [3.63, 3.8) is 0 Å². The molecule has 0 saturated carbocycles. The van der Waals surface area contributed by atoms with E-state index in [4.69, 9.17) is 17.3 Å². The monoisotopic (exact) mass is 300 g/mol. The Balaban J connectivity index is 2.25. The van der Waals surface area contributed by atoms with Crippen LogP contribution in [0.1, 0.15) is 27.0 Å². The van der Waals surface area contributed by atoms with Gasteiger partial charge in [0.2, 0.25) is 0 Å². The van der Waals surface area contributed by atoms with Crippen LogP contribution in [0.15, 0.2) is 47.5 Å². The maximum Gasteiger partial charge on any atom is 0.193 e. The van der Waals surface area contributed by atoms with Gasteiger partial charge in [0.15, 0.2) is 5.78 Å². The van der Waals surface area contributed by atoms with Crippen molar-refractivity contribution in [2.45, 2.75) is 13.8 Å². The number of alkyl halides is 1. The van der Waals surface area contributed by atoms with Crippen LogP contribution in [0.25, 0.3) is 0 Å². The fraction of sp³-hybridized carbons (Fsp3) is 0.176. The maximum absolute atomic E-state index is 12.4. The van der Waals surface area contributed by atoms with Gasteiger partial charge >= 0.3 is 0 Å². The van der Waals surface area contributed by atoms with Crippen LogP contribution < -0.4 is 5.73 Å². The molecule has 21 heavy (non-hydrogen) atoms. The topological polar surface area (TPSA) is 55.5 Å². The summed E-state index contributed by atoms with van der Waals surface area (Å²) in [5.41, 5.74) is 9.86. The van der Waals surface area contributed by atoms with Gasteiger partial charge in [0.1, 0.15) is 5.84 Å². The van der Waals surface area contributed by atoms with Crippen molar-refractivity contribution in [1.29, 1.82) is 0 Å². The molecule has 0 bridgehead atoms. The third-order valence-corrected chi connectivity index (χ3v) is 3.58. The Morgan fingerprint density at radius 2 is 1.67 bits per heavy atom. The summed E-state index contributed by atoms with van der Waals surface area (Å²) in [4.78, 5) is 16.5. The smallest absolute Gasteiger partial charge is 0.193 e. The SMILES string of the molecule is Cc1ccc(C(=O)c2ccc(N=C(N)CCl)cc2)cc1C. The highest BCUT2D eigenvalue weighted by Crippen LogP contribution is 2.18. The van der Waals surface area contributed by atoms with E-state index in [0.717, 1.165) is 5.56 Å². The minimum absolute atomic E-state index is 0.000977. The first-order valence-corrected chi connectivity index (χ1v) is 7.15. The van der Waals surface area contributed by atoms with Crippen molar-refractivity contribution < 1.29 is 4.79 Å². The number of benzene rings is 2. The number of ketones is 1. The molecule has 0 amide bonds. The second-order valence-electron chi connectivity index (χ2n) is 4.91. The molecule has 0 aromatic heterocycles. The normalized spacial score (nSPS) is 11.5. The molecule has 0 atom stereocenters. The minimum Gasteiger partial charge on any atom is -0.386 e. The highest BCUT2D eigenvalue weighted by atomic mass is 35.5. The number of amidine groups is 1. The van der Waals surface area contributed by atoms with Gasteiger partial charge in [-0.3, -0.25) is 4.79 Å². The molecule has 4 heteroatoms. The number of nitrogens with two attached hydrogens (primary N) is 1. The Labute approximate surface area is 129 Å². The molecule has 2 aromatic carbocycles. The van der Waals surface area contributed by atoms with Gasteiger partial charge < -0.3 is 5.73 Å². The van der Waals surface area contributed by atoms with Crippen LogP contribution in [0.3, 0.4) is 0 Å². The number of aliphatic imine (C=N–C) groups is 1. The molecule has 3 nitrogen and oxygen atoms in total. The van der Waals surface area contributed by atoms with Gasteiger partial charge in [-0.15, -0.1) is 11.6 Å². The maximum atomic E-state index is 12.4. The first kappa shape index (κ1) is 15.3. The van der Waals surface area contributed by atoms with Crippen molar-refractivity contribution in [3.8, 4) is 0 Å². The first-order valence-electron chi connectivity index (χ1n) is 6.62. The summed E-state index contributed by atoms with van der Waals surface area (Å²) < 4.78 is 0. The molecule has 0 spiro atoms. The molecular weight excluding hydrogens is 284 g/mol. The molecule has 2 aromatic rings. The van der Waals surface area contributed by atoms with Gasteiger partial charge in [0.05, 0.1) is 11.6 Å². The zero-order chi connectivity index (χ0) is 15.4. The third-order valence-electron chi connectivity index (χ3n) is 3.31. The Morgan fingerprint density at radius 3 is 2.24 bits per heavy atom. The fourth-order valence-electron chi connectivity index (χ4n) is 1.93. The predicted molar refractivity (Wildman–Crippen MR) is 87.8 cm³/mol. The molecule has 0 aliphatic carbocycles. The van der Waals surface area contributed by atoms with Crippen molar-refractivity contribution in [1.82, 2.24) is 0 Å². The van der Waals surface area contributed by atoms with Crippen molar-refractivity contribution >= 4 is 28.9 Å². The second-order valence-corrected chi connectivity index (χ2v) is 5.18. The van der Waals surface area contributed by atoms with E-state index in [1.165, 1.54) is 5.56 Å². The van der Waals surface area contributed by atoms with Crippen LogP contribution in [-0.2, 0) is 0 Å². The highest BCUT2D eigenvalue weighted by Gasteiger charge is 2.09. The summed E-state index contributed by atoms with van der Waals surface area (Å²) in [6.07, 6.45) is 0. The van der Waals surface area contributed by atoms with Gasteiger partial charge in [-0.2, -0.15) is 0 Å². The Morgan fingerprint density at radius 1 is 1.05 bits per heavy atom. The van der Waals surface area contributed by atoms with E-state index >= 15 is 0 Å². The minimum atomic E-state index is -0.000977. The van der Waals surface area contributed by atoms with E-state index in [1.54, 1.807) is 24.3 Å². The average molecular weight is 301 g/mol. The third kappa shape index (κ3) is 3.70. The van der Waals surface area contributed by atoms with Crippen LogP contribution in [0.5, 0.6) is 0 Å². The number of carbonyl (C=O) groups excluding carboxylic acids is 1. The molecule has 0 radical (unpaired) electrons. The number of hydrogen-bond donors (Lipinski definition) is 1. The van der Waals surface area contributed by atoms with Crippen molar-refractivity contribution in [2.24, 2.45) is 10.7 Å². The number of nitrogens with zero attached hydrogens (tertiary/aromatic N) is 1. The van der Waals surface area contributed by atoms with Crippen LogP contribution in [-0.4, -0.2) is 17.5 Å². The highest BCUT2D eigenvalue weighted by molar-refractivity contribution is 6.28. The number of halogens is 1. The zero-order valence-corrected chi connectivity index (χ0v) is 12.8. The lowest BCUT2D eigenvalue weighted by Crippen LogP contribution is -2.12. The lowest BCUT2D eigenvalue weighted by Gasteiger charge is -2.05. The molecule has 0 heterocycles. The molecule has 0 aliphatic heterocycles. The van der Waals surface area contributed by atoms with Gasteiger partial charge in [0.25, 0.3) is 0 Å². The van der Waals surface area contributed by atoms with Crippen LogP contribution >= 0.6 is 11.6 Å². The average Bonchev–Trinajstić information content (AvgIpc) is 2.50. The van der Waals surface area contributed by atoms with E-state index in [0.29, 0.717) is 22.6 Å². The summed E-state index contributed by atoms with van der Waals surface area (Å²) in [6, 6.07) is 12.7. The quantitative estimate of drug-likeness (QED) is 0.404. The van der Waals surface area contributed by atoms with Crippen molar-refractivity contribution in [3.05, 3.63) is 64.7 Å². The van der Waals surface area contributed by atoms with Crippen LogP contribution in [0.4, 0.5) is 5.69 Å². The van der Waals surface area contributed by atoms with E-state index < -0.39 is 0 Å². The van der Waals surface area contributed by atoms with E-state index in [1.807, 2.05) is 32.0 Å². The number of rotatable bonds is 4. The number of hydrogen-bond acceptors (Lipinski definition) is 2. The summed E-state index contributed by atoms with van der Waals surface area (Å²) in [7, 11) is 0. The summed E-state index contributed by atoms with van der Waals surface area (Å²) >= 11 is 5.58. The van der Waals surface area contributed by atoms with Crippen molar-refractivity contribution in [2.75, 3.05) is 5.88 Å². The molecule has 108 valence electrons. The zero-order valence-electron chi connectivity index (χ0n) is 12.1. The lowest BCUT2D eigenvalue weighted by molar-refractivity contribution is 0.103. The first-order chi connectivity index (χ1) is 10.0. The second kappa shape index (κ2) is 6.55. The lowest BCUT2D eigenvalue weighted by atomic mass is 9.99. The standard InChI is InChI=1S/C17H17ClN2O/c1-11-3-4-14(9-12(11)2)17(21)13-5-7-15(8-6-13)20-16(19)10-18/h3-9H,10H2,1-2H3,(H2,19,20). The van der Waals surface area contributed by atoms with E-state index in [2.05, 4.69) is 4.99 Å². The Bertz CT molecular complexity index is 690. The molecule has 2 N–H and O–H groups in total. The molecule has 0 saturated heterocycles. The van der Waals surface area contributed by atoms with Crippen LogP contribution in [0.2, 0.25) is 0 Å². The Kier molecular flexibility index (Phi) is 4.76. The molecular formula is C17H17ClN2O. The molecule has 2 rings (SSSR count). The number of carbonyl (C=O) groups is 1. The van der Waals surface area contributed by atoms with Crippen LogP contribution in [0, 0.1) is 13.8 Å². The molecule has 0 aliphatic rings. The summed E-state index contributed by atoms with van der Waals surface area (Å²) in [5, 5.41) is 0. The fourth-order valence-corrected chi connectivity index (χ4v) is 1.99. The number of aryl methyl sites for hydroxylation is 2.